The van der Waals surface area contributed by atoms with Gasteiger partial charge in [0.2, 0.25) is 0 Å². The van der Waals surface area contributed by atoms with Crippen molar-refractivity contribution < 1.29 is 51.0 Å². The minimum absolute atomic E-state index is 0. The topological polar surface area (TPSA) is 0 Å². The van der Waals surface area contributed by atoms with Gasteiger partial charge in [0.15, 0.2) is 0 Å². The van der Waals surface area contributed by atoms with Gasteiger partial charge in [-0.15, -0.1) is 69.1 Å². The van der Waals surface area contributed by atoms with Gasteiger partial charge < -0.3 is 24.8 Å². The van der Waals surface area contributed by atoms with Crippen molar-refractivity contribution in [2.45, 2.75) is 26.7 Å². The molecule has 0 aliphatic heterocycles. The maximum absolute atomic E-state index is 2.36. The maximum atomic E-state index is 2.36. The van der Waals surface area contributed by atoms with Gasteiger partial charge in [-0.25, -0.2) is 0 Å². The average Bonchev–Trinajstić information content (AvgIpc) is 4.03. The second kappa shape index (κ2) is 17.8. The zero-order valence-corrected chi connectivity index (χ0v) is 36.3. The van der Waals surface area contributed by atoms with Crippen LogP contribution in [-0.2, 0) is 39.0 Å². The Bertz CT molecular complexity index is 2640. The van der Waals surface area contributed by atoms with Crippen molar-refractivity contribution in [3.05, 3.63) is 180 Å². The van der Waals surface area contributed by atoms with Crippen LogP contribution in [0.3, 0.4) is 0 Å². The third-order valence-corrected chi connectivity index (χ3v) is 12.8. The van der Waals surface area contributed by atoms with Gasteiger partial charge in [0.1, 0.15) is 0 Å². The number of benzene rings is 6. The third-order valence-electron chi connectivity index (χ3n) is 10.3. The van der Waals surface area contributed by atoms with E-state index in [1.54, 1.807) is 0 Å². The van der Waals surface area contributed by atoms with Crippen LogP contribution in [0, 0.1) is 0 Å². The van der Waals surface area contributed by atoms with Crippen molar-refractivity contribution in [2.24, 2.45) is 0 Å². The van der Waals surface area contributed by atoms with Crippen LogP contribution in [-0.4, -0.2) is 0 Å². The molecule has 0 aliphatic rings. The molecule has 0 amide bonds. The smallest absolute Gasteiger partial charge is 1.00 e. The summed E-state index contributed by atoms with van der Waals surface area (Å²) in [7, 11) is 0. The number of aryl methyl sites for hydroxylation is 2. The zero-order chi connectivity index (χ0) is 35.0. The summed E-state index contributed by atoms with van der Waals surface area (Å²) in [4.78, 5) is 5.61. The minimum Gasteiger partial charge on any atom is -1.00 e. The van der Waals surface area contributed by atoms with E-state index in [9.17, 15) is 0 Å². The summed E-state index contributed by atoms with van der Waals surface area (Å²) in [5.41, 5.74) is 7.92. The van der Waals surface area contributed by atoms with Crippen LogP contribution in [0.5, 0.6) is 0 Å². The molecule has 5 heteroatoms. The zero-order valence-electron chi connectivity index (χ0n) is 30.7. The van der Waals surface area contributed by atoms with Crippen molar-refractivity contribution >= 4 is 65.8 Å². The second-order valence-corrected chi connectivity index (χ2v) is 15.7. The number of rotatable bonds is 6. The van der Waals surface area contributed by atoms with E-state index in [0.29, 0.717) is 0 Å². The van der Waals surface area contributed by atoms with E-state index < -0.39 is 0 Å². The molecule has 0 nitrogen and oxygen atoms in total. The Morgan fingerprint density at radius 2 is 0.764 bits per heavy atom. The Morgan fingerprint density at radius 3 is 1.16 bits per heavy atom. The van der Waals surface area contributed by atoms with Gasteiger partial charge in [-0.05, 0) is 65.0 Å². The van der Waals surface area contributed by atoms with E-state index in [-0.39, 0.29) is 51.0 Å². The third kappa shape index (κ3) is 7.97. The van der Waals surface area contributed by atoms with Crippen molar-refractivity contribution in [2.75, 3.05) is 0 Å². The average molecular weight is 865 g/mol. The number of halogens is 2. The fourth-order valence-corrected chi connectivity index (χ4v) is 9.46. The molecule has 10 aromatic rings. The molecule has 0 fully saturated rings. The largest absolute Gasteiger partial charge is 4.00 e. The Morgan fingerprint density at radius 1 is 0.400 bits per heavy atom. The van der Waals surface area contributed by atoms with Crippen LogP contribution in [0.15, 0.2) is 170 Å². The van der Waals surface area contributed by atoms with E-state index in [0.717, 1.165) is 12.8 Å². The minimum atomic E-state index is 0. The summed E-state index contributed by atoms with van der Waals surface area (Å²) in [6.07, 6.45) is 2.21. The summed E-state index contributed by atoms with van der Waals surface area (Å²) >= 11 is 3.81. The first-order valence-electron chi connectivity index (χ1n) is 18.2. The molecule has 0 N–H and O–H groups in total. The maximum Gasteiger partial charge on any atom is 4.00 e. The van der Waals surface area contributed by atoms with Gasteiger partial charge in [-0.2, -0.15) is 22.7 Å². The van der Waals surface area contributed by atoms with Gasteiger partial charge in [0, 0.05) is 0 Å². The predicted molar refractivity (Wildman–Crippen MR) is 230 cm³/mol. The molecule has 0 unspecified atom stereocenters. The van der Waals surface area contributed by atoms with Gasteiger partial charge in [0.25, 0.3) is 0 Å². The fourth-order valence-electron chi connectivity index (χ4n) is 7.59. The normalized spacial score (nSPS) is 10.8. The molecule has 268 valence electrons. The summed E-state index contributed by atoms with van der Waals surface area (Å²) in [5.74, 6) is 0. The molecule has 0 saturated heterocycles. The second-order valence-electron chi connectivity index (χ2n) is 13.4. The standard InChI is InChI=1S/2C25H19S.2ClH.Zr/c2*1-2-20-13-14-25(26-20)19-15-18-9-6-12-23(24(18)16-19)22-11-5-8-17-7-3-4-10-21(17)22;;;/h2*3-16H,2H2,1H3;2*1H;/q2*-1;;;+4/p-2. The first kappa shape index (κ1) is 40.6. The molecule has 0 aliphatic carbocycles. The molecule has 10 rings (SSSR count). The monoisotopic (exact) mass is 862 g/mol. The molecule has 0 radical (unpaired) electrons. The molecule has 0 bridgehead atoms. The number of thiophene rings is 2. The van der Waals surface area contributed by atoms with E-state index >= 15 is 0 Å². The Hall–Kier alpha value is -4.08. The van der Waals surface area contributed by atoms with Gasteiger partial charge in [-0.3, -0.25) is 0 Å². The molecule has 55 heavy (non-hydrogen) atoms. The van der Waals surface area contributed by atoms with E-state index in [4.69, 9.17) is 0 Å². The van der Waals surface area contributed by atoms with E-state index in [2.05, 4.69) is 184 Å². The number of hydrogen-bond acceptors (Lipinski definition) is 2. The van der Waals surface area contributed by atoms with Crippen LogP contribution < -0.4 is 24.8 Å². The Labute approximate surface area is 363 Å². The van der Waals surface area contributed by atoms with Gasteiger partial charge >= 0.3 is 26.2 Å². The van der Waals surface area contributed by atoms with Crippen molar-refractivity contribution in [3.63, 3.8) is 0 Å². The predicted octanol–water partition coefficient (Wildman–Crippen LogP) is 9.35. The van der Waals surface area contributed by atoms with Crippen LogP contribution in [0.1, 0.15) is 23.6 Å². The molecule has 0 saturated carbocycles. The molecule has 0 atom stereocenters. The van der Waals surface area contributed by atoms with Crippen LogP contribution >= 0.6 is 22.7 Å². The van der Waals surface area contributed by atoms with Gasteiger partial charge in [0.05, 0.1) is 0 Å². The number of hydrogen-bond donors (Lipinski definition) is 0. The quantitative estimate of drug-likeness (QED) is 0.146. The van der Waals surface area contributed by atoms with Gasteiger partial charge in [-0.1, -0.05) is 158 Å². The molecular weight excluding hydrogens is 827 g/mol. The molecule has 2 heterocycles. The molecule has 2 aromatic heterocycles. The van der Waals surface area contributed by atoms with E-state index in [1.165, 1.54) is 96.0 Å². The molecular formula is C50H38Cl2S2Zr. The van der Waals surface area contributed by atoms with Crippen molar-refractivity contribution in [1.29, 1.82) is 0 Å². The van der Waals surface area contributed by atoms with Crippen LogP contribution in [0.4, 0.5) is 0 Å². The summed E-state index contributed by atoms with van der Waals surface area (Å²) in [5, 5.41) is 10.5. The number of fused-ring (bicyclic) bond motifs is 4. The summed E-state index contributed by atoms with van der Waals surface area (Å²) in [6, 6.07) is 62.2. The van der Waals surface area contributed by atoms with E-state index in [1.807, 2.05) is 22.7 Å². The fraction of sp³-hybridized carbons (Fsp3) is 0.0800. The van der Waals surface area contributed by atoms with Crippen LogP contribution in [0.25, 0.3) is 86.2 Å². The van der Waals surface area contributed by atoms with Crippen LogP contribution in [0.2, 0.25) is 0 Å². The molecule has 8 aromatic carbocycles. The Kier molecular flexibility index (Phi) is 13.1. The SMILES string of the molecule is CCc1ccc(-c2cc3c(-c4cccc5ccccc45)cccc3[cH-]2)s1.CCc1ccc(-c2cc3c(-c4cccc5ccccc45)cccc3[cH-]2)s1.[Cl-].[Cl-].[Zr+4]. The summed E-state index contributed by atoms with van der Waals surface area (Å²) in [6.45, 7) is 4.44. The first-order valence-corrected chi connectivity index (χ1v) is 19.8. The first-order chi connectivity index (χ1) is 25.7. The van der Waals surface area contributed by atoms with Crippen molar-refractivity contribution in [3.8, 4) is 43.1 Å². The Balaban J connectivity index is 0.000000177. The summed E-state index contributed by atoms with van der Waals surface area (Å²) < 4.78 is 0. The molecule has 0 spiro atoms. The van der Waals surface area contributed by atoms with Crippen molar-refractivity contribution in [1.82, 2.24) is 0 Å².